The minimum absolute atomic E-state index is 0.368. The van der Waals surface area contributed by atoms with Crippen molar-refractivity contribution in [2.45, 2.75) is 32.7 Å². The quantitative estimate of drug-likeness (QED) is 0.877. The maximum absolute atomic E-state index is 5.90. The lowest BCUT2D eigenvalue weighted by Gasteiger charge is -2.39. The predicted molar refractivity (Wildman–Crippen MR) is 71.9 cm³/mol. The van der Waals surface area contributed by atoms with Crippen LogP contribution in [0.15, 0.2) is 6.33 Å². The highest BCUT2D eigenvalue weighted by Gasteiger charge is 2.28. The number of rotatable bonds is 3. The van der Waals surface area contributed by atoms with Crippen LogP contribution in [0.5, 0.6) is 5.88 Å². The second-order valence-electron chi connectivity index (χ2n) is 5.04. The highest BCUT2D eigenvalue weighted by atomic mass is 16.5. The number of methoxy groups -OCH3 is 1. The molecule has 0 spiro atoms. The van der Waals surface area contributed by atoms with Crippen LogP contribution in [0.4, 0.5) is 5.82 Å². The van der Waals surface area contributed by atoms with Crippen LogP contribution in [0.25, 0.3) is 0 Å². The second kappa shape index (κ2) is 5.52. The first-order chi connectivity index (χ1) is 8.67. The van der Waals surface area contributed by atoms with Gasteiger partial charge in [0, 0.05) is 19.1 Å². The Morgan fingerprint density at radius 1 is 1.50 bits per heavy atom. The molecule has 5 heteroatoms. The Labute approximate surface area is 108 Å². The first-order valence-electron chi connectivity index (χ1n) is 6.49. The summed E-state index contributed by atoms with van der Waals surface area (Å²) in [6.45, 7) is 5.95. The van der Waals surface area contributed by atoms with Crippen LogP contribution in [0.1, 0.15) is 25.3 Å². The van der Waals surface area contributed by atoms with Gasteiger partial charge in [0.25, 0.3) is 0 Å². The van der Waals surface area contributed by atoms with Crippen LogP contribution in [-0.4, -0.2) is 36.2 Å². The van der Waals surface area contributed by atoms with Crippen LogP contribution in [0, 0.1) is 12.8 Å². The molecular weight excluding hydrogens is 228 g/mol. The average molecular weight is 250 g/mol. The Morgan fingerprint density at radius 3 is 2.94 bits per heavy atom. The second-order valence-corrected chi connectivity index (χ2v) is 5.04. The molecule has 5 nitrogen and oxygen atoms in total. The van der Waals surface area contributed by atoms with Crippen molar-refractivity contribution in [2.24, 2.45) is 11.7 Å². The van der Waals surface area contributed by atoms with E-state index in [1.54, 1.807) is 13.4 Å². The summed E-state index contributed by atoms with van der Waals surface area (Å²) in [7, 11) is 1.64. The summed E-state index contributed by atoms with van der Waals surface area (Å²) in [5.74, 6) is 2.34. The summed E-state index contributed by atoms with van der Waals surface area (Å²) in [6.07, 6.45) is 3.87. The number of ether oxygens (including phenoxy) is 1. The first kappa shape index (κ1) is 13.1. The molecule has 2 N–H and O–H groups in total. The molecule has 1 aliphatic heterocycles. The standard InChI is InChI=1S/C13H22N4O/c1-9-4-5-17(11(6-9)7-14)12-10(2)13(18-3)16-8-15-12/h8-9,11H,4-7,14H2,1-3H3. The molecule has 0 saturated carbocycles. The summed E-state index contributed by atoms with van der Waals surface area (Å²) < 4.78 is 5.26. The van der Waals surface area contributed by atoms with E-state index < -0.39 is 0 Å². The number of anilines is 1. The molecule has 1 saturated heterocycles. The van der Waals surface area contributed by atoms with Gasteiger partial charge in [0.05, 0.1) is 12.7 Å². The van der Waals surface area contributed by atoms with Crippen molar-refractivity contribution in [3.63, 3.8) is 0 Å². The molecule has 100 valence electrons. The molecule has 1 aromatic heterocycles. The Balaban J connectivity index is 2.29. The predicted octanol–water partition coefficient (Wildman–Crippen LogP) is 1.36. The molecule has 0 aliphatic carbocycles. The largest absolute Gasteiger partial charge is 0.481 e. The van der Waals surface area contributed by atoms with E-state index in [-0.39, 0.29) is 0 Å². The fourth-order valence-corrected chi connectivity index (χ4v) is 2.67. The minimum Gasteiger partial charge on any atom is -0.481 e. The topological polar surface area (TPSA) is 64.3 Å². The molecule has 0 aromatic carbocycles. The van der Waals surface area contributed by atoms with Crippen LogP contribution in [-0.2, 0) is 0 Å². The van der Waals surface area contributed by atoms with Gasteiger partial charge in [0.1, 0.15) is 12.1 Å². The number of hydrogen-bond donors (Lipinski definition) is 1. The zero-order valence-corrected chi connectivity index (χ0v) is 11.4. The summed E-state index contributed by atoms with van der Waals surface area (Å²) >= 11 is 0. The number of nitrogens with two attached hydrogens (primary N) is 1. The smallest absolute Gasteiger partial charge is 0.221 e. The third-order valence-electron chi connectivity index (χ3n) is 3.73. The van der Waals surface area contributed by atoms with Crippen molar-refractivity contribution in [3.8, 4) is 5.88 Å². The van der Waals surface area contributed by atoms with Gasteiger partial charge in [-0.05, 0) is 25.7 Å². The van der Waals surface area contributed by atoms with Gasteiger partial charge < -0.3 is 15.4 Å². The number of hydrogen-bond acceptors (Lipinski definition) is 5. The SMILES string of the molecule is COc1ncnc(N2CCC(C)CC2CN)c1C. The Morgan fingerprint density at radius 2 is 2.28 bits per heavy atom. The summed E-state index contributed by atoms with van der Waals surface area (Å²) in [6, 6.07) is 0.368. The fraction of sp³-hybridized carbons (Fsp3) is 0.692. The Kier molecular flexibility index (Phi) is 4.01. The van der Waals surface area contributed by atoms with Gasteiger partial charge in [-0.25, -0.2) is 9.97 Å². The minimum atomic E-state index is 0.368. The van der Waals surface area contributed by atoms with Crippen LogP contribution < -0.4 is 15.4 Å². The molecule has 2 atom stereocenters. The number of nitrogens with zero attached hydrogens (tertiary/aromatic N) is 3. The van der Waals surface area contributed by atoms with Crippen LogP contribution in [0.3, 0.4) is 0 Å². The van der Waals surface area contributed by atoms with Crippen LogP contribution >= 0.6 is 0 Å². The van der Waals surface area contributed by atoms with Gasteiger partial charge in [0.15, 0.2) is 0 Å². The summed E-state index contributed by atoms with van der Waals surface area (Å²) in [5.41, 5.74) is 6.89. The molecule has 0 amide bonds. The number of aromatic nitrogens is 2. The lowest BCUT2D eigenvalue weighted by molar-refractivity contribution is 0.361. The zero-order chi connectivity index (χ0) is 13.1. The van der Waals surface area contributed by atoms with Crippen molar-refractivity contribution >= 4 is 5.82 Å². The highest BCUT2D eigenvalue weighted by Crippen LogP contribution is 2.30. The van der Waals surface area contributed by atoms with Gasteiger partial charge in [-0.15, -0.1) is 0 Å². The molecule has 0 radical (unpaired) electrons. The maximum atomic E-state index is 5.90. The van der Waals surface area contributed by atoms with Gasteiger partial charge in [-0.1, -0.05) is 6.92 Å². The van der Waals surface area contributed by atoms with Gasteiger partial charge >= 0.3 is 0 Å². The zero-order valence-electron chi connectivity index (χ0n) is 11.4. The molecule has 18 heavy (non-hydrogen) atoms. The number of piperidine rings is 1. The fourth-order valence-electron chi connectivity index (χ4n) is 2.67. The molecule has 1 aliphatic rings. The molecule has 2 rings (SSSR count). The summed E-state index contributed by atoms with van der Waals surface area (Å²) in [4.78, 5) is 10.8. The Hall–Kier alpha value is -1.36. The molecule has 0 bridgehead atoms. The highest BCUT2D eigenvalue weighted by molar-refractivity contribution is 5.51. The van der Waals surface area contributed by atoms with E-state index in [1.807, 2.05) is 6.92 Å². The lowest BCUT2D eigenvalue weighted by atomic mass is 9.92. The normalized spacial score (nSPS) is 24.1. The van der Waals surface area contributed by atoms with E-state index in [2.05, 4.69) is 21.8 Å². The monoisotopic (exact) mass is 250 g/mol. The van der Waals surface area contributed by atoms with Crippen molar-refractivity contribution in [1.82, 2.24) is 9.97 Å². The van der Waals surface area contributed by atoms with Crippen molar-refractivity contribution in [3.05, 3.63) is 11.9 Å². The molecule has 1 aromatic rings. The lowest BCUT2D eigenvalue weighted by Crippen LogP contribution is -2.47. The molecular formula is C13H22N4O. The van der Waals surface area contributed by atoms with Crippen molar-refractivity contribution in [1.29, 1.82) is 0 Å². The van der Waals surface area contributed by atoms with E-state index >= 15 is 0 Å². The molecule has 2 unspecified atom stereocenters. The third-order valence-corrected chi connectivity index (χ3v) is 3.73. The van der Waals surface area contributed by atoms with E-state index in [9.17, 15) is 0 Å². The van der Waals surface area contributed by atoms with Gasteiger partial charge in [-0.3, -0.25) is 0 Å². The molecule has 1 fully saturated rings. The van der Waals surface area contributed by atoms with E-state index in [0.717, 1.165) is 30.3 Å². The van der Waals surface area contributed by atoms with Gasteiger partial charge in [-0.2, -0.15) is 0 Å². The Bertz CT molecular complexity index is 410. The van der Waals surface area contributed by atoms with Gasteiger partial charge in [0.2, 0.25) is 5.88 Å². The van der Waals surface area contributed by atoms with Crippen molar-refractivity contribution < 1.29 is 4.74 Å². The van der Waals surface area contributed by atoms with E-state index in [1.165, 1.54) is 6.42 Å². The average Bonchev–Trinajstić information content (AvgIpc) is 2.39. The first-order valence-corrected chi connectivity index (χ1v) is 6.49. The maximum Gasteiger partial charge on any atom is 0.221 e. The van der Waals surface area contributed by atoms with Crippen molar-refractivity contribution in [2.75, 3.05) is 25.1 Å². The van der Waals surface area contributed by atoms with E-state index in [0.29, 0.717) is 18.5 Å². The van der Waals surface area contributed by atoms with E-state index in [4.69, 9.17) is 10.5 Å². The third kappa shape index (κ3) is 2.41. The summed E-state index contributed by atoms with van der Waals surface area (Å²) in [5, 5.41) is 0. The molecule has 2 heterocycles. The van der Waals surface area contributed by atoms with Crippen LogP contribution in [0.2, 0.25) is 0 Å².